The van der Waals surface area contributed by atoms with Crippen LogP contribution >= 0.6 is 0 Å². The van der Waals surface area contributed by atoms with E-state index in [1.54, 1.807) is 0 Å². The third-order valence-electron chi connectivity index (χ3n) is 3.37. The van der Waals surface area contributed by atoms with Crippen LogP contribution in [0.2, 0.25) is 0 Å². The maximum atomic E-state index is 5.94. The average molecular weight is 252 g/mol. The maximum Gasteiger partial charge on any atom is 0.222 e. The third-order valence-corrected chi connectivity index (χ3v) is 3.37. The number of hydrogen-bond acceptors (Lipinski definition) is 2. The molecule has 1 fully saturated rings. The van der Waals surface area contributed by atoms with Crippen LogP contribution in [0.15, 0.2) is 61.2 Å². The number of hydrogen-bond donors (Lipinski definition) is 0. The first-order valence-corrected chi connectivity index (χ1v) is 6.41. The monoisotopic (exact) mass is 252 g/mol. The Hall–Kier alpha value is -1.90. The van der Waals surface area contributed by atoms with Crippen molar-refractivity contribution in [3.63, 3.8) is 0 Å². The van der Waals surface area contributed by atoms with Crippen LogP contribution < -0.4 is 0 Å². The molecule has 0 spiro atoms. The summed E-state index contributed by atoms with van der Waals surface area (Å²) in [5.41, 5.74) is 3.13. The lowest BCUT2D eigenvalue weighted by Gasteiger charge is -2.28. The van der Waals surface area contributed by atoms with Crippen LogP contribution in [-0.4, -0.2) is 13.2 Å². The Morgan fingerprint density at radius 2 is 1.42 bits per heavy atom. The van der Waals surface area contributed by atoms with Crippen LogP contribution in [0.25, 0.3) is 6.08 Å². The fourth-order valence-corrected chi connectivity index (χ4v) is 2.41. The summed E-state index contributed by atoms with van der Waals surface area (Å²) in [6, 6.07) is 18.2. The van der Waals surface area contributed by atoms with Crippen LogP contribution in [0.4, 0.5) is 0 Å². The SMILES string of the molecule is C=Cc1ccc(C2(c3ccccc3)OCCO2)cc1. The van der Waals surface area contributed by atoms with Crippen molar-refractivity contribution in [2.24, 2.45) is 0 Å². The summed E-state index contributed by atoms with van der Waals surface area (Å²) in [4.78, 5) is 0. The molecule has 1 aliphatic heterocycles. The molecule has 1 heterocycles. The Labute approximate surface area is 113 Å². The molecule has 0 atom stereocenters. The molecule has 19 heavy (non-hydrogen) atoms. The molecule has 0 N–H and O–H groups in total. The zero-order chi connectivity index (χ0) is 13.1. The van der Waals surface area contributed by atoms with E-state index in [4.69, 9.17) is 9.47 Å². The van der Waals surface area contributed by atoms with Crippen LogP contribution in [0.5, 0.6) is 0 Å². The molecule has 96 valence electrons. The highest BCUT2D eigenvalue weighted by molar-refractivity contribution is 5.48. The molecule has 2 nitrogen and oxygen atoms in total. The second-order valence-corrected chi connectivity index (χ2v) is 4.51. The summed E-state index contributed by atoms with van der Waals surface area (Å²) in [6.45, 7) is 4.99. The van der Waals surface area contributed by atoms with Crippen molar-refractivity contribution in [3.05, 3.63) is 77.9 Å². The Morgan fingerprint density at radius 1 is 0.842 bits per heavy atom. The van der Waals surface area contributed by atoms with Gasteiger partial charge in [-0.25, -0.2) is 0 Å². The standard InChI is InChI=1S/C17H16O2/c1-2-14-8-10-16(11-9-14)17(18-12-13-19-17)15-6-4-3-5-7-15/h2-11H,1,12-13H2. The summed E-state index contributed by atoms with van der Waals surface area (Å²) in [6.07, 6.45) is 1.83. The van der Waals surface area contributed by atoms with Gasteiger partial charge in [-0.3, -0.25) is 0 Å². The van der Waals surface area contributed by atoms with E-state index in [1.807, 2.05) is 60.7 Å². The fraction of sp³-hybridized carbons (Fsp3) is 0.176. The molecule has 1 saturated heterocycles. The van der Waals surface area contributed by atoms with E-state index >= 15 is 0 Å². The van der Waals surface area contributed by atoms with E-state index in [2.05, 4.69) is 6.58 Å². The maximum absolute atomic E-state index is 5.94. The molecular weight excluding hydrogens is 236 g/mol. The summed E-state index contributed by atoms with van der Waals surface area (Å²) in [7, 11) is 0. The van der Waals surface area contributed by atoms with Gasteiger partial charge in [-0.1, -0.05) is 67.3 Å². The molecule has 0 aliphatic carbocycles. The Balaban J connectivity index is 2.07. The van der Waals surface area contributed by atoms with Crippen molar-refractivity contribution in [2.75, 3.05) is 13.2 Å². The van der Waals surface area contributed by atoms with Gasteiger partial charge in [-0.2, -0.15) is 0 Å². The normalized spacial score (nSPS) is 17.3. The van der Waals surface area contributed by atoms with E-state index in [1.165, 1.54) is 0 Å². The summed E-state index contributed by atoms with van der Waals surface area (Å²) in [5, 5.41) is 0. The first-order valence-electron chi connectivity index (χ1n) is 6.41. The van der Waals surface area contributed by atoms with Gasteiger partial charge in [0.25, 0.3) is 0 Å². The molecule has 3 rings (SSSR count). The second-order valence-electron chi connectivity index (χ2n) is 4.51. The van der Waals surface area contributed by atoms with Crippen LogP contribution in [-0.2, 0) is 15.3 Å². The Morgan fingerprint density at radius 3 is 2.00 bits per heavy atom. The van der Waals surface area contributed by atoms with Crippen molar-refractivity contribution in [1.82, 2.24) is 0 Å². The van der Waals surface area contributed by atoms with E-state index in [0.29, 0.717) is 13.2 Å². The smallest absolute Gasteiger partial charge is 0.222 e. The van der Waals surface area contributed by atoms with Gasteiger partial charge in [-0.15, -0.1) is 0 Å². The quantitative estimate of drug-likeness (QED) is 0.831. The molecule has 2 heteroatoms. The van der Waals surface area contributed by atoms with Crippen molar-refractivity contribution in [3.8, 4) is 0 Å². The molecule has 0 unspecified atom stereocenters. The lowest BCUT2D eigenvalue weighted by molar-refractivity contribution is -0.129. The topological polar surface area (TPSA) is 18.5 Å². The average Bonchev–Trinajstić information content (AvgIpc) is 2.99. The number of benzene rings is 2. The van der Waals surface area contributed by atoms with E-state index < -0.39 is 5.79 Å². The zero-order valence-corrected chi connectivity index (χ0v) is 10.7. The minimum atomic E-state index is -0.763. The highest BCUT2D eigenvalue weighted by Crippen LogP contribution is 2.38. The van der Waals surface area contributed by atoms with Gasteiger partial charge >= 0.3 is 0 Å². The second kappa shape index (κ2) is 5.00. The van der Waals surface area contributed by atoms with Crippen LogP contribution in [0.1, 0.15) is 16.7 Å². The predicted octanol–water partition coefficient (Wildman–Crippen LogP) is 3.58. The lowest BCUT2D eigenvalue weighted by atomic mass is 9.96. The van der Waals surface area contributed by atoms with Gasteiger partial charge in [0.05, 0.1) is 13.2 Å². The van der Waals surface area contributed by atoms with Crippen LogP contribution in [0.3, 0.4) is 0 Å². The number of rotatable bonds is 3. The highest BCUT2D eigenvalue weighted by Gasteiger charge is 2.40. The Kier molecular flexibility index (Phi) is 3.20. The van der Waals surface area contributed by atoms with E-state index in [-0.39, 0.29) is 0 Å². The molecule has 2 aromatic carbocycles. The van der Waals surface area contributed by atoms with Crippen molar-refractivity contribution >= 4 is 6.08 Å². The van der Waals surface area contributed by atoms with E-state index in [9.17, 15) is 0 Å². The first kappa shape index (κ1) is 12.2. The molecule has 0 amide bonds. The Bertz CT molecular complexity index is 552. The van der Waals surface area contributed by atoms with E-state index in [0.717, 1.165) is 16.7 Å². The summed E-state index contributed by atoms with van der Waals surface area (Å²) < 4.78 is 11.9. The summed E-state index contributed by atoms with van der Waals surface area (Å²) in [5.74, 6) is -0.763. The molecule has 0 aromatic heterocycles. The third kappa shape index (κ3) is 2.09. The van der Waals surface area contributed by atoms with Crippen molar-refractivity contribution < 1.29 is 9.47 Å². The van der Waals surface area contributed by atoms with Gasteiger partial charge in [0.1, 0.15) is 0 Å². The lowest BCUT2D eigenvalue weighted by Crippen LogP contribution is -2.28. The minimum absolute atomic E-state index is 0.609. The molecule has 0 saturated carbocycles. The predicted molar refractivity (Wildman–Crippen MR) is 75.7 cm³/mol. The van der Waals surface area contributed by atoms with Crippen molar-refractivity contribution in [1.29, 1.82) is 0 Å². The van der Waals surface area contributed by atoms with Gasteiger partial charge < -0.3 is 9.47 Å². The largest absolute Gasteiger partial charge is 0.340 e. The van der Waals surface area contributed by atoms with Crippen LogP contribution in [0, 0.1) is 0 Å². The number of ether oxygens (including phenoxy) is 2. The molecule has 0 radical (unpaired) electrons. The van der Waals surface area contributed by atoms with Gasteiger partial charge in [0.15, 0.2) is 0 Å². The van der Waals surface area contributed by atoms with Gasteiger partial charge in [0, 0.05) is 11.1 Å². The molecular formula is C17H16O2. The first-order chi connectivity index (χ1) is 9.35. The summed E-state index contributed by atoms with van der Waals surface area (Å²) >= 11 is 0. The molecule has 1 aliphatic rings. The minimum Gasteiger partial charge on any atom is -0.340 e. The van der Waals surface area contributed by atoms with Gasteiger partial charge in [-0.05, 0) is 5.56 Å². The molecule has 2 aromatic rings. The highest BCUT2D eigenvalue weighted by atomic mass is 16.7. The zero-order valence-electron chi connectivity index (χ0n) is 10.7. The van der Waals surface area contributed by atoms with Gasteiger partial charge in [0.2, 0.25) is 5.79 Å². The molecule has 0 bridgehead atoms. The van der Waals surface area contributed by atoms with Crippen molar-refractivity contribution in [2.45, 2.75) is 5.79 Å². The fourth-order valence-electron chi connectivity index (χ4n) is 2.41.